The predicted molar refractivity (Wildman–Crippen MR) is 42.6 cm³/mol. The molecule has 0 spiro atoms. The average Bonchev–Trinajstić information content (AvgIpc) is 1.93. The molecule has 1 heteroatoms. The van der Waals surface area contributed by atoms with Gasteiger partial charge in [0, 0.05) is 6.04 Å². The van der Waals surface area contributed by atoms with Crippen LogP contribution >= 0.6 is 0 Å². The molecule has 1 nitrogen and oxygen atoms in total. The van der Waals surface area contributed by atoms with Crippen LogP contribution < -0.4 is 5.73 Å². The van der Waals surface area contributed by atoms with E-state index in [9.17, 15) is 0 Å². The van der Waals surface area contributed by atoms with Gasteiger partial charge in [-0.3, -0.25) is 0 Å². The van der Waals surface area contributed by atoms with Gasteiger partial charge < -0.3 is 5.73 Å². The molecule has 2 aliphatic carbocycles. The Morgan fingerprint density at radius 3 is 1.80 bits per heavy atom. The van der Waals surface area contributed by atoms with Crippen molar-refractivity contribution in [1.82, 2.24) is 0 Å². The summed E-state index contributed by atoms with van der Waals surface area (Å²) < 4.78 is 0. The van der Waals surface area contributed by atoms with E-state index in [1.807, 2.05) is 0 Å². The third-order valence-corrected chi connectivity index (χ3v) is 3.62. The highest BCUT2D eigenvalue weighted by Crippen LogP contribution is 2.46. The van der Waals surface area contributed by atoms with E-state index in [0.717, 1.165) is 17.8 Å². The first kappa shape index (κ1) is 6.66. The van der Waals surface area contributed by atoms with Gasteiger partial charge in [0.2, 0.25) is 0 Å². The molecule has 10 heavy (non-hydrogen) atoms. The standard InChI is InChI=1S/C9H17N/c1-6-2-3-7(6)8-4-5-9(8)10/h6-9H,2-5,10H2,1H3/t6-,7+,8+,9?/m0/s1. The van der Waals surface area contributed by atoms with Crippen LogP contribution in [0, 0.1) is 17.8 Å². The number of hydrogen-bond acceptors (Lipinski definition) is 1. The molecule has 0 aromatic heterocycles. The Morgan fingerprint density at radius 2 is 1.70 bits per heavy atom. The highest BCUT2D eigenvalue weighted by molar-refractivity contribution is 4.94. The summed E-state index contributed by atoms with van der Waals surface area (Å²) in [6, 6.07) is 0.563. The molecule has 0 saturated heterocycles. The van der Waals surface area contributed by atoms with Crippen molar-refractivity contribution in [2.45, 2.75) is 38.6 Å². The minimum atomic E-state index is 0.563. The normalized spacial score (nSPS) is 53.4. The summed E-state index contributed by atoms with van der Waals surface area (Å²) in [6.45, 7) is 2.37. The van der Waals surface area contributed by atoms with Crippen molar-refractivity contribution in [3.8, 4) is 0 Å². The van der Waals surface area contributed by atoms with E-state index in [-0.39, 0.29) is 0 Å². The molecule has 0 radical (unpaired) electrons. The van der Waals surface area contributed by atoms with Crippen LogP contribution in [-0.2, 0) is 0 Å². The fourth-order valence-electron chi connectivity index (χ4n) is 2.41. The van der Waals surface area contributed by atoms with Crippen molar-refractivity contribution in [2.24, 2.45) is 23.5 Å². The first-order chi connectivity index (χ1) is 4.79. The summed E-state index contributed by atoms with van der Waals surface area (Å²) >= 11 is 0. The molecule has 2 fully saturated rings. The van der Waals surface area contributed by atoms with Gasteiger partial charge in [-0.2, -0.15) is 0 Å². The number of nitrogens with two attached hydrogens (primary N) is 1. The predicted octanol–water partition coefficient (Wildman–Crippen LogP) is 1.77. The molecule has 58 valence electrons. The maximum absolute atomic E-state index is 5.90. The van der Waals surface area contributed by atoms with Gasteiger partial charge in [-0.1, -0.05) is 13.3 Å². The van der Waals surface area contributed by atoms with Crippen LogP contribution in [0.3, 0.4) is 0 Å². The molecule has 0 aliphatic heterocycles. The summed E-state index contributed by atoms with van der Waals surface area (Å²) in [6.07, 6.45) is 5.61. The molecule has 0 amide bonds. The Bertz CT molecular complexity index is 117. The van der Waals surface area contributed by atoms with E-state index in [1.54, 1.807) is 0 Å². The van der Waals surface area contributed by atoms with Crippen LogP contribution in [0.15, 0.2) is 0 Å². The van der Waals surface area contributed by atoms with Gasteiger partial charge in [0.05, 0.1) is 0 Å². The summed E-state index contributed by atoms with van der Waals surface area (Å²) in [5.74, 6) is 2.89. The van der Waals surface area contributed by atoms with E-state index in [4.69, 9.17) is 5.73 Å². The second-order valence-corrected chi connectivity index (χ2v) is 4.12. The topological polar surface area (TPSA) is 26.0 Å². The largest absolute Gasteiger partial charge is 0.327 e. The fraction of sp³-hybridized carbons (Fsp3) is 1.00. The molecular weight excluding hydrogens is 122 g/mol. The van der Waals surface area contributed by atoms with Crippen LogP contribution in [0.4, 0.5) is 0 Å². The van der Waals surface area contributed by atoms with Crippen LogP contribution in [0.2, 0.25) is 0 Å². The lowest BCUT2D eigenvalue weighted by Gasteiger charge is -2.47. The summed E-state index contributed by atoms with van der Waals surface area (Å²) in [4.78, 5) is 0. The molecule has 2 saturated carbocycles. The third-order valence-electron chi connectivity index (χ3n) is 3.62. The van der Waals surface area contributed by atoms with Crippen molar-refractivity contribution >= 4 is 0 Å². The van der Waals surface area contributed by atoms with Crippen LogP contribution in [0.25, 0.3) is 0 Å². The second kappa shape index (κ2) is 2.23. The molecule has 1 unspecified atom stereocenters. The van der Waals surface area contributed by atoms with Gasteiger partial charge in [-0.15, -0.1) is 0 Å². The Morgan fingerprint density at radius 1 is 1.00 bits per heavy atom. The zero-order valence-corrected chi connectivity index (χ0v) is 6.72. The molecule has 0 aromatic rings. The highest BCUT2D eigenvalue weighted by Gasteiger charge is 2.40. The van der Waals surface area contributed by atoms with Crippen LogP contribution in [0.1, 0.15) is 32.6 Å². The number of rotatable bonds is 1. The van der Waals surface area contributed by atoms with Crippen molar-refractivity contribution in [3.05, 3.63) is 0 Å². The SMILES string of the molecule is C[C@H]1CC[C@H]1[C@H]1CCC1N. The zero-order valence-electron chi connectivity index (χ0n) is 6.72. The molecular formula is C9H17N. The minimum absolute atomic E-state index is 0.563. The van der Waals surface area contributed by atoms with Gasteiger partial charge in [-0.05, 0) is 37.0 Å². The zero-order chi connectivity index (χ0) is 7.14. The summed E-state index contributed by atoms with van der Waals surface area (Å²) in [5, 5.41) is 0. The molecule has 0 bridgehead atoms. The molecule has 0 heterocycles. The molecule has 2 N–H and O–H groups in total. The first-order valence-electron chi connectivity index (χ1n) is 4.54. The fourth-order valence-corrected chi connectivity index (χ4v) is 2.41. The van der Waals surface area contributed by atoms with E-state index in [2.05, 4.69) is 6.92 Å². The summed E-state index contributed by atoms with van der Waals surface area (Å²) in [7, 11) is 0. The molecule has 0 aromatic carbocycles. The highest BCUT2D eigenvalue weighted by atomic mass is 14.7. The van der Waals surface area contributed by atoms with E-state index >= 15 is 0 Å². The number of hydrogen-bond donors (Lipinski definition) is 1. The molecule has 4 atom stereocenters. The average molecular weight is 139 g/mol. The van der Waals surface area contributed by atoms with Crippen molar-refractivity contribution in [3.63, 3.8) is 0 Å². The van der Waals surface area contributed by atoms with Gasteiger partial charge >= 0.3 is 0 Å². The van der Waals surface area contributed by atoms with Crippen LogP contribution in [-0.4, -0.2) is 6.04 Å². The Kier molecular flexibility index (Phi) is 1.48. The van der Waals surface area contributed by atoms with E-state index in [0.29, 0.717) is 6.04 Å². The molecule has 2 aliphatic rings. The van der Waals surface area contributed by atoms with Crippen molar-refractivity contribution in [2.75, 3.05) is 0 Å². The minimum Gasteiger partial charge on any atom is -0.327 e. The Balaban J connectivity index is 1.87. The smallest absolute Gasteiger partial charge is 0.00700 e. The second-order valence-electron chi connectivity index (χ2n) is 4.12. The van der Waals surface area contributed by atoms with Crippen molar-refractivity contribution < 1.29 is 0 Å². The Labute approximate surface area is 63.0 Å². The molecule has 2 rings (SSSR count). The monoisotopic (exact) mass is 139 g/mol. The van der Waals surface area contributed by atoms with Gasteiger partial charge in [-0.25, -0.2) is 0 Å². The third kappa shape index (κ3) is 0.800. The van der Waals surface area contributed by atoms with Gasteiger partial charge in [0.15, 0.2) is 0 Å². The Hall–Kier alpha value is -0.0400. The quantitative estimate of drug-likeness (QED) is 0.588. The van der Waals surface area contributed by atoms with Crippen LogP contribution in [0.5, 0.6) is 0 Å². The van der Waals surface area contributed by atoms with Gasteiger partial charge in [0.1, 0.15) is 0 Å². The maximum Gasteiger partial charge on any atom is 0.00700 e. The summed E-state index contributed by atoms with van der Waals surface area (Å²) in [5.41, 5.74) is 5.90. The van der Waals surface area contributed by atoms with Crippen molar-refractivity contribution in [1.29, 1.82) is 0 Å². The lowest BCUT2D eigenvalue weighted by molar-refractivity contribution is 0.0491. The lowest BCUT2D eigenvalue weighted by atomic mass is 9.60. The maximum atomic E-state index is 5.90. The van der Waals surface area contributed by atoms with E-state index in [1.165, 1.54) is 25.7 Å². The van der Waals surface area contributed by atoms with Gasteiger partial charge in [0.25, 0.3) is 0 Å². The van der Waals surface area contributed by atoms with E-state index < -0.39 is 0 Å². The first-order valence-corrected chi connectivity index (χ1v) is 4.54. The lowest BCUT2D eigenvalue weighted by Crippen LogP contribution is -2.48.